The average molecular weight is 461 g/mol. The van der Waals surface area contributed by atoms with Crippen LogP contribution in [0.1, 0.15) is 25.3 Å². The van der Waals surface area contributed by atoms with Gasteiger partial charge < -0.3 is 19.9 Å². The number of aliphatic hydroxyl groups excluding tert-OH is 1. The van der Waals surface area contributed by atoms with Gasteiger partial charge in [-0.2, -0.15) is 27.8 Å². The van der Waals surface area contributed by atoms with Gasteiger partial charge in [-0.1, -0.05) is 13.0 Å². The molecule has 1 aliphatic heterocycles. The van der Waals surface area contributed by atoms with Crippen molar-refractivity contribution in [2.45, 2.75) is 37.6 Å². The number of rotatable bonds is 6. The van der Waals surface area contributed by atoms with Crippen LogP contribution < -0.4 is 10.1 Å². The van der Waals surface area contributed by atoms with Crippen LogP contribution in [0, 0.1) is 17.6 Å². The first kappa shape index (κ1) is 23.8. The highest BCUT2D eigenvalue weighted by molar-refractivity contribution is 5.95. The molecule has 2 N–H and O–H groups in total. The van der Waals surface area contributed by atoms with Gasteiger partial charge in [0.1, 0.15) is 12.7 Å². The second-order valence-corrected chi connectivity index (χ2v) is 7.43. The maximum Gasteiger partial charge on any atom is 0.417 e. The molecule has 0 radical (unpaired) electrons. The van der Waals surface area contributed by atoms with Crippen molar-refractivity contribution < 1.29 is 41.3 Å². The zero-order valence-corrected chi connectivity index (χ0v) is 17.0. The van der Waals surface area contributed by atoms with E-state index in [2.05, 4.69) is 15.5 Å². The summed E-state index contributed by atoms with van der Waals surface area (Å²) in [6.45, 7) is 1.01. The number of carbonyl (C=O) groups excluding carboxylic acids is 1. The molecule has 0 saturated carbocycles. The molecule has 3 rings (SSSR count). The van der Waals surface area contributed by atoms with E-state index >= 15 is 0 Å². The summed E-state index contributed by atoms with van der Waals surface area (Å²) in [6, 6.07) is 3.15. The topological polar surface area (TPSA) is 93.6 Å². The van der Waals surface area contributed by atoms with Gasteiger partial charge in [0.25, 0.3) is 5.91 Å². The highest BCUT2D eigenvalue weighted by Gasteiger charge is 2.65. The number of nitrogens with zero attached hydrogens (tertiary/aromatic N) is 2. The third kappa shape index (κ3) is 4.24. The van der Waals surface area contributed by atoms with Crippen LogP contribution in [0.3, 0.4) is 0 Å². The summed E-state index contributed by atoms with van der Waals surface area (Å²) in [7, 11) is 0. The van der Waals surface area contributed by atoms with Crippen LogP contribution in [0.2, 0.25) is 0 Å². The number of ether oxygens (including phenoxy) is 2. The first-order valence-electron chi connectivity index (χ1n) is 9.55. The molecule has 7 nitrogen and oxygen atoms in total. The largest absolute Gasteiger partial charge is 0.488 e. The first-order chi connectivity index (χ1) is 15.0. The number of amides is 1. The van der Waals surface area contributed by atoms with E-state index in [0.717, 1.165) is 19.1 Å². The monoisotopic (exact) mass is 461 g/mol. The summed E-state index contributed by atoms with van der Waals surface area (Å²) in [5, 5.41) is 18.5. The maximum atomic E-state index is 14.5. The zero-order chi connectivity index (χ0) is 23.7. The number of carbonyl (C=O) groups is 1. The predicted molar refractivity (Wildman–Crippen MR) is 101 cm³/mol. The lowest BCUT2D eigenvalue weighted by molar-refractivity contribution is -0.272. The van der Waals surface area contributed by atoms with Gasteiger partial charge in [0, 0.05) is 17.4 Å². The fourth-order valence-corrected chi connectivity index (χ4v) is 3.71. The lowest BCUT2D eigenvalue weighted by atomic mass is 9.77. The Morgan fingerprint density at radius 2 is 2.00 bits per heavy atom. The molecule has 0 aliphatic carbocycles. The van der Waals surface area contributed by atoms with E-state index in [4.69, 9.17) is 14.6 Å². The van der Waals surface area contributed by atoms with Crippen molar-refractivity contribution >= 4 is 11.6 Å². The third-order valence-electron chi connectivity index (χ3n) is 5.56. The Bertz CT molecular complexity index is 976. The Balaban J connectivity index is 2.09. The molecule has 1 aromatic carbocycles. The number of benzene rings is 1. The number of hydrogen-bond donors (Lipinski definition) is 2. The van der Waals surface area contributed by atoms with Crippen molar-refractivity contribution in [1.82, 2.24) is 10.2 Å². The SMILES string of the molecule is C[C@H]1[C@@H](c2ccc(F)c(F)c2OCCO)[C@H](C(=O)Nc2ccnnc2)O[C@@]1(C)C(F)(F)F. The second-order valence-electron chi connectivity index (χ2n) is 7.43. The number of aliphatic hydroxyl groups is 1. The van der Waals surface area contributed by atoms with Gasteiger partial charge in [0.2, 0.25) is 5.82 Å². The Morgan fingerprint density at radius 3 is 2.59 bits per heavy atom. The number of nitrogens with one attached hydrogen (secondary N) is 1. The molecule has 1 aromatic heterocycles. The summed E-state index contributed by atoms with van der Waals surface area (Å²) in [5.74, 6) is -7.12. The molecule has 1 fully saturated rings. The minimum absolute atomic E-state index is 0.155. The Kier molecular flexibility index (Phi) is 6.65. The van der Waals surface area contributed by atoms with Crippen molar-refractivity contribution in [3.63, 3.8) is 0 Å². The van der Waals surface area contributed by atoms with E-state index in [9.17, 15) is 26.7 Å². The molecule has 2 heterocycles. The molecular formula is C20H20F5N3O4. The molecule has 2 aromatic rings. The molecule has 1 amide bonds. The first-order valence-corrected chi connectivity index (χ1v) is 9.55. The highest BCUT2D eigenvalue weighted by atomic mass is 19.4. The van der Waals surface area contributed by atoms with Crippen LogP contribution in [0.25, 0.3) is 0 Å². The van der Waals surface area contributed by atoms with Crippen molar-refractivity contribution in [2.24, 2.45) is 5.92 Å². The summed E-state index contributed by atoms with van der Waals surface area (Å²) >= 11 is 0. The Morgan fingerprint density at radius 1 is 1.28 bits per heavy atom. The van der Waals surface area contributed by atoms with Crippen molar-refractivity contribution in [3.8, 4) is 5.75 Å². The molecule has 12 heteroatoms. The Labute approximate surface area is 179 Å². The van der Waals surface area contributed by atoms with Crippen LogP contribution in [-0.4, -0.2) is 52.3 Å². The molecule has 174 valence electrons. The van der Waals surface area contributed by atoms with Gasteiger partial charge in [0.05, 0.1) is 24.7 Å². The molecule has 0 unspecified atom stereocenters. The summed E-state index contributed by atoms with van der Waals surface area (Å²) < 4.78 is 80.5. The van der Waals surface area contributed by atoms with Gasteiger partial charge in [-0.05, 0) is 19.1 Å². The fraction of sp³-hybridized carbons (Fsp3) is 0.450. The maximum absolute atomic E-state index is 14.5. The van der Waals surface area contributed by atoms with Crippen molar-refractivity contribution in [3.05, 3.63) is 47.8 Å². The van der Waals surface area contributed by atoms with Gasteiger partial charge in [-0.15, -0.1) is 0 Å². The highest BCUT2D eigenvalue weighted by Crippen LogP contribution is 2.55. The van der Waals surface area contributed by atoms with Gasteiger partial charge in [0.15, 0.2) is 17.2 Å². The Hall–Kier alpha value is -2.86. The quantitative estimate of drug-likeness (QED) is 0.642. The van der Waals surface area contributed by atoms with Crippen LogP contribution in [0.4, 0.5) is 27.6 Å². The molecule has 0 spiro atoms. The average Bonchev–Trinajstić information content (AvgIpc) is 3.02. The lowest BCUT2D eigenvalue weighted by Gasteiger charge is -2.32. The van der Waals surface area contributed by atoms with Gasteiger partial charge in [-0.25, -0.2) is 4.39 Å². The van der Waals surface area contributed by atoms with E-state index < -0.39 is 66.2 Å². The molecule has 32 heavy (non-hydrogen) atoms. The van der Waals surface area contributed by atoms with E-state index in [1.807, 2.05) is 0 Å². The predicted octanol–water partition coefficient (Wildman–Crippen LogP) is 3.20. The standard InChI is InChI=1S/C20H20F5N3O4/c1-10-14(12-3-4-13(21)15(22)16(12)31-8-7-29)17(32-19(10,2)20(23,24)25)18(30)28-11-5-6-26-27-9-11/h3-6,9-10,14,17,29H,7-8H2,1-2H3,(H,26,28,30)/t10-,14-,17+,19+/m0/s1. The van der Waals surface area contributed by atoms with Gasteiger partial charge in [-0.3, -0.25) is 4.79 Å². The molecule has 4 atom stereocenters. The number of hydrogen-bond acceptors (Lipinski definition) is 6. The third-order valence-corrected chi connectivity index (χ3v) is 5.56. The smallest absolute Gasteiger partial charge is 0.417 e. The van der Waals surface area contributed by atoms with Crippen LogP contribution in [0.5, 0.6) is 5.75 Å². The van der Waals surface area contributed by atoms with E-state index in [0.29, 0.717) is 0 Å². The minimum Gasteiger partial charge on any atom is -0.488 e. The number of anilines is 1. The van der Waals surface area contributed by atoms with Crippen LogP contribution >= 0.6 is 0 Å². The summed E-state index contributed by atoms with van der Waals surface area (Å²) in [6.07, 6.45) is -4.16. The molecule has 1 saturated heterocycles. The van der Waals surface area contributed by atoms with Crippen molar-refractivity contribution in [1.29, 1.82) is 0 Å². The molecule has 0 bridgehead atoms. The zero-order valence-electron chi connectivity index (χ0n) is 17.0. The lowest BCUT2D eigenvalue weighted by Crippen LogP contribution is -2.47. The molecule has 1 aliphatic rings. The van der Waals surface area contributed by atoms with E-state index in [-0.39, 0.29) is 11.3 Å². The van der Waals surface area contributed by atoms with Crippen LogP contribution in [0.15, 0.2) is 30.6 Å². The summed E-state index contributed by atoms with van der Waals surface area (Å²) in [4.78, 5) is 12.9. The van der Waals surface area contributed by atoms with E-state index in [1.165, 1.54) is 25.4 Å². The minimum atomic E-state index is -4.87. The fourth-order valence-electron chi connectivity index (χ4n) is 3.71. The normalized spacial score (nSPS) is 25.6. The second kappa shape index (κ2) is 8.94. The number of halogens is 5. The van der Waals surface area contributed by atoms with Crippen molar-refractivity contribution in [2.75, 3.05) is 18.5 Å². The van der Waals surface area contributed by atoms with E-state index in [1.54, 1.807) is 0 Å². The summed E-state index contributed by atoms with van der Waals surface area (Å²) in [5.41, 5.74) is -2.80. The molecular weight excluding hydrogens is 441 g/mol. The van der Waals surface area contributed by atoms with Crippen LogP contribution in [-0.2, 0) is 9.53 Å². The van der Waals surface area contributed by atoms with Gasteiger partial charge >= 0.3 is 6.18 Å². The number of aromatic nitrogens is 2. The number of alkyl halides is 3.